The normalized spacial score (nSPS) is 11.7. The van der Waals surface area contributed by atoms with Crippen molar-refractivity contribution in [3.05, 3.63) is 0 Å². The predicted molar refractivity (Wildman–Crippen MR) is 68.9 cm³/mol. The van der Waals surface area contributed by atoms with Gasteiger partial charge < -0.3 is 10.5 Å². The van der Waals surface area contributed by atoms with Crippen LogP contribution in [0.3, 0.4) is 0 Å². The lowest BCUT2D eigenvalue weighted by atomic mass is 10.2. The topological polar surface area (TPSA) is 62.3 Å². The summed E-state index contributed by atoms with van der Waals surface area (Å²) >= 11 is 0. The first-order valence-electron chi connectivity index (χ1n) is 6.08. The van der Waals surface area contributed by atoms with Gasteiger partial charge in [-0.3, -0.25) is 10.3 Å². The molecule has 3 N–H and O–H groups in total. The SMILES string of the molecule is CC(C)COCCN(CCC(=N)N)C(C)C. The molecule has 4 nitrogen and oxygen atoms in total. The van der Waals surface area contributed by atoms with Crippen molar-refractivity contribution in [2.75, 3.05) is 26.3 Å². The number of nitrogens with one attached hydrogen (secondary N) is 1. The molecule has 0 saturated heterocycles. The molecular formula is C12H27N3O. The lowest BCUT2D eigenvalue weighted by Gasteiger charge is -2.26. The van der Waals surface area contributed by atoms with E-state index in [-0.39, 0.29) is 5.84 Å². The number of nitrogens with two attached hydrogens (primary N) is 1. The largest absolute Gasteiger partial charge is 0.388 e. The molecular weight excluding hydrogens is 202 g/mol. The van der Waals surface area contributed by atoms with Crippen LogP contribution in [0.5, 0.6) is 0 Å². The molecule has 0 aromatic heterocycles. The van der Waals surface area contributed by atoms with Crippen molar-refractivity contribution in [3.8, 4) is 0 Å². The van der Waals surface area contributed by atoms with Crippen molar-refractivity contribution in [3.63, 3.8) is 0 Å². The van der Waals surface area contributed by atoms with Gasteiger partial charge in [0.05, 0.1) is 12.4 Å². The lowest BCUT2D eigenvalue weighted by molar-refractivity contribution is 0.0776. The van der Waals surface area contributed by atoms with Crippen LogP contribution in [0.15, 0.2) is 0 Å². The molecule has 0 fully saturated rings. The Morgan fingerprint density at radius 3 is 2.31 bits per heavy atom. The van der Waals surface area contributed by atoms with Crippen molar-refractivity contribution >= 4 is 5.84 Å². The average molecular weight is 229 g/mol. The molecule has 0 rings (SSSR count). The second-order valence-electron chi connectivity index (χ2n) is 4.87. The van der Waals surface area contributed by atoms with E-state index in [1.807, 2.05) is 0 Å². The van der Waals surface area contributed by atoms with Gasteiger partial charge in [0.2, 0.25) is 0 Å². The average Bonchev–Trinajstić information content (AvgIpc) is 2.15. The molecule has 0 saturated carbocycles. The Labute approximate surface area is 99.7 Å². The smallest absolute Gasteiger partial charge is 0.0918 e. The summed E-state index contributed by atoms with van der Waals surface area (Å²) in [6.07, 6.45) is 0.641. The summed E-state index contributed by atoms with van der Waals surface area (Å²) in [7, 11) is 0. The molecule has 0 heterocycles. The van der Waals surface area contributed by atoms with Crippen LogP contribution in [0.25, 0.3) is 0 Å². The highest BCUT2D eigenvalue weighted by Gasteiger charge is 2.09. The maximum absolute atomic E-state index is 7.22. The fourth-order valence-corrected chi connectivity index (χ4v) is 1.39. The summed E-state index contributed by atoms with van der Waals surface area (Å²) in [5.74, 6) is 0.846. The number of nitrogens with zero attached hydrogens (tertiary/aromatic N) is 1. The number of amidine groups is 1. The summed E-state index contributed by atoms with van der Waals surface area (Å²) in [4.78, 5) is 2.29. The number of rotatable bonds is 9. The van der Waals surface area contributed by atoms with Crippen molar-refractivity contribution in [1.29, 1.82) is 5.41 Å². The first-order valence-corrected chi connectivity index (χ1v) is 6.08. The van der Waals surface area contributed by atoms with E-state index < -0.39 is 0 Å². The standard InChI is InChI=1S/C12H27N3O/c1-10(2)9-16-8-7-15(11(3)4)6-5-12(13)14/h10-11H,5-9H2,1-4H3,(H3,13,14). The highest BCUT2D eigenvalue weighted by atomic mass is 16.5. The third-order valence-electron chi connectivity index (χ3n) is 2.37. The Kier molecular flexibility index (Phi) is 8.21. The van der Waals surface area contributed by atoms with Gasteiger partial charge >= 0.3 is 0 Å². The van der Waals surface area contributed by atoms with Crippen LogP contribution in [0, 0.1) is 11.3 Å². The van der Waals surface area contributed by atoms with Gasteiger partial charge in [0.15, 0.2) is 0 Å². The molecule has 0 atom stereocenters. The van der Waals surface area contributed by atoms with E-state index in [9.17, 15) is 0 Å². The monoisotopic (exact) mass is 229 g/mol. The molecule has 0 aliphatic rings. The number of hydrogen-bond donors (Lipinski definition) is 2. The second-order valence-corrected chi connectivity index (χ2v) is 4.87. The highest BCUT2D eigenvalue weighted by Crippen LogP contribution is 2.00. The van der Waals surface area contributed by atoms with Crippen LogP contribution in [0.2, 0.25) is 0 Å². The van der Waals surface area contributed by atoms with E-state index in [0.29, 0.717) is 18.4 Å². The van der Waals surface area contributed by atoms with Crippen LogP contribution in [-0.2, 0) is 4.74 Å². The maximum Gasteiger partial charge on any atom is 0.0918 e. The molecule has 4 heteroatoms. The minimum absolute atomic E-state index is 0.258. The minimum atomic E-state index is 0.258. The van der Waals surface area contributed by atoms with Gasteiger partial charge in [0, 0.05) is 32.2 Å². The molecule has 0 unspecified atom stereocenters. The van der Waals surface area contributed by atoms with E-state index in [4.69, 9.17) is 15.9 Å². The quantitative estimate of drug-likeness (QED) is 0.359. The highest BCUT2D eigenvalue weighted by molar-refractivity contribution is 5.76. The second kappa shape index (κ2) is 8.53. The lowest BCUT2D eigenvalue weighted by Crippen LogP contribution is -2.36. The van der Waals surface area contributed by atoms with Gasteiger partial charge in [-0.05, 0) is 19.8 Å². The van der Waals surface area contributed by atoms with E-state index in [1.54, 1.807) is 0 Å². The predicted octanol–water partition coefficient (Wildman–Crippen LogP) is 1.70. The van der Waals surface area contributed by atoms with E-state index in [0.717, 1.165) is 26.3 Å². The Hall–Kier alpha value is -0.610. The summed E-state index contributed by atoms with van der Waals surface area (Å²) in [5, 5.41) is 7.22. The van der Waals surface area contributed by atoms with Crippen LogP contribution in [0.4, 0.5) is 0 Å². The van der Waals surface area contributed by atoms with Crippen LogP contribution in [0.1, 0.15) is 34.1 Å². The van der Waals surface area contributed by atoms with Gasteiger partial charge in [-0.1, -0.05) is 13.8 Å². The van der Waals surface area contributed by atoms with Crippen molar-refractivity contribution in [1.82, 2.24) is 4.90 Å². The zero-order valence-corrected chi connectivity index (χ0v) is 11.1. The summed E-state index contributed by atoms with van der Waals surface area (Å²) in [6, 6.07) is 0.474. The van der Waals surface area contributed by atoms with Gasteiger partial charge in [-0.15, -0.1) is 0 Å². The van der Waals surface area contributed by atoms with Gasteiger partial charge in [-0.25, -0.2) is 0 Å². The van der Waals surface area contributed by atoms with Crippen LogP contribution >= 0.6 is 0 Å². The molecule has 96 valence electrons. The Balaban J connectivity index is 3.72. The first-order chi connectivity index (χ1) is 7.43. The fourth-order valence-electron chi connectivity index (χ4n) is 1.39. The third kappa shape index (κ3) is 8.68. The molecule has 0 amide bonds. The molecule has 0 aliphatic carbocycles. The molecule has 0 radical (unpaired) electrons. The Morgan fingerprint density at radius 1 is 1.25 bits per heavy atom. The summed E-state index contributed by atoms with van der Waals surface area (Å²) in [6.45, 7) is 11.9. The maximum atomic E-state index is 7.22. The van der Waals surface area contributed by atoms with Crippen LogP contribution in [-0.4, -0.2) is 43.1 Å². The zero-order valence-electron chi connectivity index (χ0n) is 11.1. The molecule has 16 heavy (non-hydrogen) atoms. The zero-order chi connectivity index (χ0) is 12.6. The summed E-state index contributed by atoms with van der Waals surface area (Å²) < 4.78 is 5.56. The van der Waals surface area contributed by atoms with E-state index >= 15 is 0 Å². The molecule has 0 spiro atoms. The minimum Gasteiger partial charge on any atom is -0.388 e. The molecule has 0 aromatic carbocycles. The van der Waals surface area contributed by atoms with Crippen molar-refractivity contribution < 1.29 is 4.74 Å². The molecule has 0 bridgehead atoms. The third-order valence-corrected chi connectivity index (χ3v) is 2.37. The Bertz CT molecular complexity index is 193. The first kappa shape index (κ1) is 15.4. The molecule has 0 aliphatic heterocycles. The van der Waals surface area contributed by atoms with E-state index in [1.165, 1.54) is 0 Å². The van der Waals surface area contributed by atoms with Gasteiger partial charge in [0.25, 0.3) is 0 Å². The van der Waals surface area contributed by atoms with Crippen molar-refractivity contribution in [2.45, 2.75) is 40.2 Å². The fraction of sp³-hybridized carbons (Fsp3) is 0.917. The summed E-state index contributed by atoms with van der Waals surface area (Å²) in [5.41, 5.74) is 5.36. The van der Waals surface area contributed by atoms with Crippen molar-refractivity contribution in [2.24, 2.45) is 11.7 Å². The van der Waals surface area contributed by atoms with Crippen LogP contribution < -0.4 is 5.73 Å². The number of ether oxygens (including phenoxy) is 1. The van der Waals surface area contributed by atoms with E-state index in [2.05, 4.69) is 32.6 Å². The van der Waals surface area contributed by atoms with Gasteiger partial charge in [-0.2, -0.15) is 0 Å². The Morgan fingerprint density at radius 2 is 1.88 bits per heavy atom. The molecule has 0 aromatic rings. The number of hydrogen-bond acceptors (Lipinski definition) is 3. The van der Waals surface area contributed by atoms with Gasteiger partial charge in [0.1, 0.15) is 0 Å².